The molecule has 2 aliphatic heterocycles. The topological polar surface area (TPSA) is 43.1 Å². The van der Waals surface area contributed by atoms with Crippen LogP contribution in [0.4, 0.5) is 0 Å². The van der Waals surface area contributed by atoms with Gasteiger partial charge in [0.1, 0.15) is 5.82 Å². The van der Waals surface area contributed by atoms with Crippen molar-refractivity contribution in [1.82, 2.24) is 19.0 Å². The van der Waals surface area contributed by atoms with Gasteiger partial charge in [0.05, 0.1) is 6.54 Å². The Balaban J connectivity index is 1.66. The van der Waals surface area contributed by atoms with E-state index in [1.165, 1.54) is 12.1 Å². The van der Waals surface area contributed by atoms with E-state index in [-0.39, 0.29) is 5.56 Å². The third kappa shape index (κ3) is 2.61. The van der Waals surface area contributed by atoms with Gasteiger partial charge in [-0.05, 0) is 24.8 Å². The quantitative estimate of drug-likeness (QED) is 0.867. The second kappa shape index (κ2) is 6.20. The van der Waals surface area contributed by atoms with Gasteiger partial charge in [-0.15, -0.1) is 0 Å². The van der Waals surface area contributed by atoms with E-state index in [1.54, 1.807) is 6.07 Å². The van der Waals surface area contributed by atoms with Gasteiger partial charge in [-0.1, -0.05) is 19.4 Å². The predicted molar refractivity (Wildman–Crippen MR) is 94.0 cm³/mol. The van der Waals surface area contributed by atoms with Crippen LogP contribution < -0.4 is 5.56 Å². The molecule has 4 rings (SSSR count). The molecule has 0 N–H and O–H groups in total. The molecule has 1 saturated heterocycles. The summed E-state index contributed by atoms with van der Waals surface area (Å²) >= 11 is 0. The molecule has 4 heterocycles. The highest BCUT2D eigenvalue weighted by atomic mass is 16.1. The fourth-order valence-electron chi connectivity index (χ4n) is 4.68. The van der Waals surface area contributed by atoms with Gasteiger partial charge < -0.3 is 9.13 Å². The predicted octanol–water partition coefficient (Wildman–Crippen LogP) is 2.54. The van der Waals surface area contributed by atoms with Crippen molar-refractivity contribution in [1.29, 1.82) is 0 Å². The van der Waals surface area contributed by atoms with Gasteiger partial charge in [-0.25, -0.2) is 4.98 Å². The highest BCUT2D eigenvalue weighted by Gasteiger charge is 2.40. The van der Waals surface area contributed by atoms with Crippen molar-refractivity contribution in [3.05, 3.63) is 52.5 Å². The molecule has 24 heavy (non-hydrogen) atoms. The van der Waals surface area contributed by atoms with Crippen LogP contribution in [0.5, 0.6) is 0 Å². The zero-order chi connectivity index (χ0) is 16.7. The van der Waals surface area contributed by atoms with E-state index in [9.17, 15) is 4.79 Å². The Hall–Kier alpha value is -1.88. The Labute approximate surface area is 142 Å². The van der Waals surface area contributed by atoms with Gasteiger partial charge in [0.25, 0.3) is 5.56 Å². The van der Waals surface area contributed by atoms with Gasteiger partial charge in [0.15, 0.2) is 0 Å². The van der Waals surface area contributed by atoms with Gasteiger partial charge in [0, 0.05) is 56.3 Å². The van der Waals surface area contributed by atoms with Crippen molar-refractivity contribution >= 4 is 0 Å². The number of aryl methyl sites for hydroxylation is 1. The molecular weight excluding hydrogens is 300 g/mol. The lowest BCUT2D eigenvalue weighted by Crippen LogP contribution is -2.49. The Morgan fingerprint density at radius 3 is 2.92 bits per heavy atom. The number of fused-ring (bicyclic) bond motifs is 4. The zero-order valence-electron chi connectivity index (χ0n) is 14.6. The van der Waals surface area contributed by atoms with Crippen molar-refractivity contribution in [2.75, 3.05) is 13.1 Å². The van der Waals surface area contributed by atoms with Crippen LogP contribution in [-0.2, 0) is 13.6 Å². The molecular formula is C19H26N4O. The van der Waals surface area contributed by atoms with Crippen molar-refractivity contribution in [2.24, 2.45) is 13.0 Å². The molecule has 0 aromatic carbocycles. The number of pyridine rings is 1. The first-order valence-corrected chi connectivity index (χ1v) is 9.07. The van der Waals surface area contributed by atoms with Crippen LogP contribution in [0.2, 0.25) is 0 Å². The Kier molecular flexibility index (Phi) is 4.04. The Morgan fingerprint density at radius 2 is 2.17 bits per heavy atom. The minimum atomic E-state index is 0.179. The average molecular weight is 326 g/mol. The highest BCUT2D eigenvalue weighted by molar-refractivity contribution is 5.19. The van der Waals surface area contributed by atoms with Gasteiger partial charge in [-0.2, -0.15) is 0 Å². The van der Waals surface area contributed by atoms with E-state index < -0.39 is 0 Å². The lowest BCUT2D eigenvalue weighted by molar-refractivity contribution is 0.0794. The van der Waals surface area contributed by atoms with Gasteiger partial charge >= 0.3 is 0 Å². The second-order valence-corrected chi connectivity index (χ2v) is 7.36. The van der Waals surface area contributed by atoms with Crippen LogP contribution in [0.1, 0.15) is 49.7 Å². The Morgan fingerprint density at radius 1 is 1.29 bits per heavy atom. The molecule has 2 aliphatic rings. The number of hydrogen-bond acceptors (Lipinski definition) is 3. The summed E-state index contributed by atoms with van der Waals surface area (Å²) in [5.41, 5.74) is 1.42. The number of nitrogens with zero attached hydrogens (tertiary/aromatic N) is 4. The molecule has 2 aromatic rings. The number of hydrogen-bond donors (Lipinski definition) is 0. The number of rotatable bonds is 4. The maximum absolute atomic E-state index is 12.5. The molecule has 0 amide bonds. The molecule has 0 spiro atoms. The van der Waals surface area contributed by atoms with E-state index in [1.807, 2.05) is 18.5 Å². The summed E-state index contributed by atoms with van der Waals surface area (Å²) in [6.07, 6.45) is 7.30. The standard InChI is InChI=1S/C19H26N4O/c1-3-5-16-14-10-15(17-6-4-7-19(24)23(16)17)12-22(11-14)13-18-20-8-9-21(18)2/h4,6-9,14-16H,3,5,10-13H2,1-2H3/t14-,15+,16-/m0/s1. The minimum absolute atomic E-state index is 0.179. The zero-order valence-corrected chi connectivity index (χ0v) is 14.6. The fraction of sp³-hybridized carbons (Fsp3) is 0.579. The molecule has 0 unspecified atom stereocenters. The van der Waals surface area contributed by atoms with Crippen molar-refractivity contribution in [3.8, 4) is 0 Å². The van der Waals surface area contributed by atoms with Gasteiger partial charge in [-0.3, -0.25) is 9.69 Å². The molecule has 2 aromatic heterocycles. The normalized spacial score (nSPS) is 26.3. The summed E-state index contributed by atoms with van der Waals surface area (Å²) in [4.78, 5) is 19.5. The van der Waals surface area contributed by atoms with Gasteiger partial charge in [0.2, 0.25) is 0 Å². The van der Waals surface area contributed by atoms with E-state index in [0.717, 1.165) is 38.3 Å². The summed E-state index contributed by atoms with van der Waals surface area (Å²) in [6, 6.07) is 6.16. The summed E-state index contributed by atoms with van der Waals surface area (Å²) in [5.74, 6) is 2.15. The molecule has 2 bridgehead atoms. The third-order valence-electron chi connectivity index (χ3n) is 5.74. The van der Waals surface area contributed by atoms with E-state index in [4.69, 9.17) is 0 Å². The molecule has 5 heteroatoms. The van der Waals surface area contributed by atoms with E-state index in [2.05, 4.69) is 39.1 Å². The van der Waals surface area contributed by atoms with Crippen LogP contribution in [0.3, 0.4) is 0 Å². The van der Waals surface area contributed by atoms with Crippen LogP contribution in [0, 0.1) is 5.92 Å². The first kappa shape index (κ1) is 15.6. The van der Waals surface area contributed by atoms with Crippen molar-refractivity contribution in [3.63, 3.8) is 0 Å². The average Bonchev–Trinajstić information content (AvgIpc) is 2.97. The highest BCUT2D eigenvalue weighted by Crippen LogP contribution is 2.42. The summed E-state index contributed by atoms with van der Waals surface area (Å²) in [7, 11) is 2.06. The van der Waals surface area contributed by atoms with Crippen molar-refractivity contribution in [2.45, 2.75) is 44.7 Å². The first-order chi connectivity index (χ1) is 11.7. The summed E-state index contributed by atoms with van der Waals surface area (Å²) in [6.45, 7) is 5.20. The van der Waals surface area contributed by atoms with E-state index >= 15 is 0 Å². The monoisotopic (exact) mass is 326 g/mol. The second-order valence-electron chi connectivity index (χ2n) is 7.36. The fourth-order valence-corrected chi connectivity index (χ4v) is 4.68. The number of aromatic nitrogens is 3. The van der Waals surface area contributed by atoms with Crippen LogP contribution >= 0.6 is 0 Å². The third-order valence-corrected chi connectivity index (χ3v) is 5.74. The SMILES string of the molecule is CCC[C@H]1[C@H]2C[C@H](CN(Cc3nccn3C)C2)c2cccc(=O)n21. The number of imidazole rings is 1. The lowest BCUT2D eigenvalue weighted by Gasteiger charge is -2.47. The molecule has 1 fully saturated rings. The molecule has 5 nitrogen and oxygen atoms in total. The molecule has 128 valence electrons. The summed E-state index contributed by atoms with van der Waals surface area (Å²) in [5, 5.41) is 0. The molecule has 0 radical (unpaired) electrons. The van der Waals surface area contributed by atoms with Crippen LogP contribution in [-0.4, -0.2) is 32.1 Å². The van der Waals surface area contributed by atoms with Crippen molar-refractivity contribution < 1.29 is 0 Å². The lowest BCUT2D eigenvalue weighted by atomic mass is 9.77. The first-order valence-electron chi connectivity index (χ1n) is 9.07. The Bertz CT molecular complexity index is 778. The van der Waals surface area contributed by atoms with E-state index in [0.29, 0.717) is 17.9 Å². The van der Waals surface area contributed by atoms with Crippen LogP contribution in [0.15, 0.2) is 35.4 Å². The summed E-state index contributed by atoms with van der Waals surface area (Å²) < 4.78 is 4.22. The molecule has 0 saturated carbocycles. The number of likely N-dealkylation sites (tertiary alicyclic amines) is 1. The smallest absolute Gasteiger partial charge is 0.250 e. The molecule has 0 aliphatic carbocycles. The minimum Gasteiger partial charge on any atom is -0.337 e. The maximum Gasteiger partial charge on any atom is 0.250 e. The van der Waals surface area contributed by atoms with Crippen LogP contribution in [0.25, 0.3) is 0 Å². The maximum atomic E-state index is 12.5. The largest absolute Gasteiger partial charge is 0.337 e. The number of piperidine rings is 1. The molecule has 3 atom stereocenters.